The van der Waals surface area contributed by atoms with Crippen molar-refractivity contribution in [3.8, 4) is 11.1 Å². The molecule has 0 spiro atoms. The number of tetrazole rings is 1. The van der Waals surface area contributed by atoms with Crippen molar-refractivity contribution >= 4 is 5.91 Å². The lowest BCUT2D eigenvalue weighted by Gasteiger charge is -2.28. The molecule has 2 aromatic carbocycles. The van der Waals surface area contributed by atoms with Crippen LogP contribution in [0.2, 0.25) is 0 Å². The molecule has 1 atom stereocenters. The van der Waals surface area contributed by atoms with Gasteiger partial charge in [0, 0.05) is 25.7 Å². The van der Waals surface area contributed by atoms with Gasteiger partial charge in [-0.3, -0.25) is 4.79 Å². The average molecular weight is 417 g/mol. The molecule has 7 heteroatoms. The first kappa shape index (κ1) is 19.9. The molecule has 0 saturated carbocycles. The molecule has 0 bridgehead atoms. The van der Waals surface area contributed by atoms with Crippen LogP contribution < -0.4 is 0 Å². The summed E-state index contributed by atoms with van der Waals surface area (Å²) in [6.45, 7) is 5.98. The van der Waals surface area contributed by atoms with Crippen molar-refractivity contribution in [2.45, 2.75) is 45.2 Å². The molecule has 1 N–H and O–H groups in total. The summed E-state index contributed by atoms with van der Waals surface area (Å²) in [5, 5.41) is 13.4. The molecule has 2 aliphatic heterocycles. The summed E-state index contributed by atoms with van der Waals surface area (Å²) in [7, 11) is 0. The van der Waals surface area contributed by atoms with Crippen molar-refractivity contribution in [1.82, 2.24) is 30.4 Å². The predicted octanol–water partition coefficient (Wildman–Crippen LogP) is 3.09. The molecule has 1 aromatic heterocycles. The summed E-state index contributed by atoms with van der Waals surface area (Å²) in [5.74, 6) is -0.0539. The first-order chi connectivity index (χ1) is 15.2. The number of hydrogen-bond donors (Lipinski definition) is 1. The number of fused-ring (bicyclic) bond motifs is 1. The van der Waals surface area contributed by atoms with Gasteiger partial charge in [-0.15, -0.1) is 10.2 Å². The van der Waals surface area contributed by atoms with Gasteiger partial charge in [0.15, 0.2) is 0 Å². The lowest BCUT2D eigenvalue weighted by molar-refractivity contribution is 0.0722. The number of rotatable bonds is 5. The van der Waals surface area contributed by atoms with E-state index in [9.17, 15) is 4.79 Å². The van der Waals surface area contributed by atoms with Crippen molar-refractivity contribution in [3.05, 3.63) is 65.0 Å². The number of aromatic nitrogens is 4. The van der Waals surface area contributed by atoms with Gasteiger partial charge in [-0.1, -0.05) is 42.5 Å². The molecule has 0 radical (unpaired) electrons. The zero-order valence-corrected chi connectivity index (χ0v) is 17.9. The molecule has 1 unspecified atom stereocenters. The summed E-state index contributed by atoms with van der Waals surface area (Å²) in [5.41, 5.74) is 6.36. The summed E-state index contributed by atoms with van der Waals surface area (Å²) in [6, 6.07) is 16.3. The lowest BCUT2D eigenvalue weighted by atomic mass is 9.94. The SMILES string of the molecule is CC1CCCN1CCc1ccc(-c2ccc3c(c2)CCN(C(=O)c2nn[nH]n2)C3)cc1. The number of hydrogen-bond acceptors (Lipinski definition) is 5. The van der Waals surface area contributed by atoms with Crippen LogP contribution in [0.4, 0.5) is 0 Å². The highest BCUT2D eigenvalue weighted by Gasteiger charge is 2.24. The Morgan fingerprint density at radius 1 is 1.10 bits per heavy atom. The molecule has 1 amide bonds. The van der Waals surface area contributed by atoms with Crippen LogP contribution in [-0.2, 0) is 19.4 Å². The number of carbonyl (C=O) groups is 1. The fourth-order valence-electron chi connectivity index (χ4n) is 4.76. The van der Waals surface area contributed by atoms with E-state index < -0.39 is 0 Å². The van der Waals surface area contributed by atoms with E-state index in [1.54, 1.807) is 4.90 Å². The molecule has 1 fully saturated rings. The zero-order chi connectivity index (χ0) is 21.2. The molecular weight excluding hydrogens is 388 g/mol. The van der Waals surface area contributed by atoms with Gasteiger partial charge >= 0.3 is 0 Å². The molecule has 7 nitrogen and oxygen atoms in total. The van der Waals surface area contributed by atoms with Crippen molar-refractivity contribution in [1.29, 1.82) is 0 Å². The van der Waals surface area contributed by atoms with E-state index in [-0.39, 0.29) is 11.7 Å². The fourth-order valence-corrected chi connectivity index (χ4v) is 4.76. The van der Waals surface area contributed by atoms with Gasteiger partial charge in [-0.2, -0.15) is 5.21 Å². The minimum absolute atomic E-state index is 0.124. The molecule has 31 heavy (non-hydrogen) atoms. The summed E-state index contributed by atoms with van der Waals surface area (Å²) in [6.07, 6.45) is 4.61. The average Bonchev–Trinajstić information content (AvgIpc) is 3.49. The maximum absolute atomic E-state index is 12.5. The van der Waals surface area contributed by atoms with Crippen LogP contribution in [0.5, 0.6) is 0 Å². The fraction of sp³-hybridized carbons (Fsp3) is 0.417. The van der Waals surface area contributed by atoms with Gasteiger partial charge in [0.1, 0.15) is 0 Å². The Hall–Kier alpha value is -3.06. The number of benzene rings is 2. The number of amides is 1. The zero-order valence-electron chi connectivity index (χ0n) is 17.9. The van der Waals surface area contributed by atoms with E-state index in [0.29, 0.717) is 13.1 Å². The van der Waals surface area contributed by atoms with Crippen molar-refractivity contribution < 1.29 is 4.79 Å². The van der Waals surface area contributed by atoms with Crippen molar-refractivity contribution in [3.63, 3.8) is 0 Å². The molecule has 3 heterocycles. The highest BCUT2D eigenvalue weighted by molar-refractivity contribution is 5.90. The Labute approximate surface area is 182 Å². The highest BCUT2D eigenvalue weighted by atomic mass is 16.2. The molecule has 160 valence electrons. The predicted molar refractivity (Wildman–Crippen MR) is 118 cm³/mol. The second-order valence-corrected chi connectivity index (χ2v) is 8.67. The van der Waals surface area contributed by atoms with Crippen LogP contribution in [-0.4, -0.2) is 62.0 Å². The lowest BCUT2D eigenvalue weighted by Crippen LogP contribution is -2.36. The largest absolute Gasteiger partial charge is 0.331 e. The van der Waals surface area contributed by atoms with E-state index in [0.717, 1.165) is 25.4 Å². The van der Waals surface area contributed by atoms with Crippen LogP contribution in [0.15, 0.2) is 42.5 Å². The van der Waals surface area contributed by atoms with Gasteiger partial charge in [0.2, 0.25) is 0 Å². The molecule has 3 aromatic rings. The van der Waals surface area contributed by atoms with Crippen LogP contribution in [0.25, 0.3) is 11.1 Å². The molecular formula is C24H28N6O. The van der Waals surface area contributed by atoms with E-state index in [1.807, 2.05) is 0 Å². The second kappa shape index (κ2) is 8.59. The van der Waals surface area contributed by atoms with Gasteiger partial charge in [-0.05, 0) is 72.2 Å². The standard InChI is InChI=1S/C24H28N6O/c1-17-3-2-12-29(17)13-10-18-4-6-19(7-5-18)20-8-9-22-16-30(14-11-21(22)15-20)24(31)23-25-27-28-26-23/h4-9,15,17H,2-3,10-14,16H2,1H3,(H,25,26,27,28). The monoisotopic (exact) mass is 416 g/mol. The molecule has 5 rings (SSSR count). The third-order valence-electron chi connectivity index (χ3n) is 6.71. The highest BCUT2D eigenvalue weighted by Crippen LogP contribution is 2.27. The van der Waals surface area contributed by atoms with Crippen molar-refractivity contribution in [2.24, 2.45) is 0 Å². The Kier molecular flexibility index (Phi) is 5.51. The Balaban J connectivity index is 1.24. The maximum atomic E-state index is 12.5. The van der Waals surface area contributed by atoms with Gasteiger partial charge in [0.05, 0.1) is 0 Å². The van der Waals surface area contributed by atoms with Crippen LogP contribution in [0.1, 0.15) is 47.1 Å². The number of likely N-dealkylation sites (tertiary alicyclic amines) is 1. The number of nitrogens with zero attached hydrogens (tertiary/aromatic N) is 5. The topological polar surface area (TPSA) is 78.0 Å². The minimum Gasteiger partial charge on any atom is -0.331 e. The van der Waals surface area contributed by atoms with Gasteiger partial charge in [-0.25, -0.2) is 0 Å². The molecule has 2 aliphatic rings. The normalized spacial score (nSPS) is 18.9. The Bertz CT molecular complexity index is 1050. The number of carbonyl (C=O) groups excluding carboxylic acids is 1. The van der Waals surface area contributed by atoms with E-state index in [2.05, 4.69) is 74.9 Å². The Morgan fingerprint density at radius 3 is 2.68 bits per heavy atom. The molecule has 1 saturated heterocycles. The third-order valence-corrected chi connectivity index (χ3v) is 6.71. The smallest absolute Gasteiger partial charge is 0.295 e. The van der Waals surface area contributed by atoms with Crippen LogP contribution in [0, 0.1) is 0 Å². The minimum atomic E-state index is -0.178. The summed E-state index contributed by atoms with van der Waals surface area (Å²) >= 11 is 0. The summed E-state index contributed by atoms with van der Waals surface area (Å²) in [4.78, 5) is 16.9. The second-order valence-electron chi connectivity index (χ2n) is 8.67. The Morgan fingerprint density at radius 2 is 1.94 bits per heavy atom. The van der Waals surface area contributed by atoms with E-state index in [4.69, 9.17) is 0 Å². The first-order valence-electron chi connectivity index (χ1n) is 11.2. The van der Waals surface area contributed by atoms with E-state index >= 15 is 0 Å². The van der Waals surface area contributed by atoms with Crippen molar-refractivity contribution in [2.75, 3.05) is 19.6 Å². The number of nitrogens with one attached hydrogen (secondary N) is 1. The van der Waals surface area contributed by atoms with Crippen LogP contribution >= 0.6 is 0 Å². The summed E-state index contributed by atoms with van der Waals surface area (Å²) < 4.78 is 0. The first-order valence-corrected chi connectivity index (χ1v) is 11.2. The quantitative estimate of drug-likeness (QED) is 0.692. The van der Waals surface area contributed by atoms with E-state index in [1.165, 1.54) is 47.2 Å². The van der Waals surface area contributed by atoms with Gasteiger partial charge in [0.25, 0.3) is 11.7 Å². The van der Waals surface area contributed by atoms with Gasteiger partial charge < -0.3 is 9.80 Å². The number of H-pyrrole nitrogens is 1. The maximum Gasteiger partial charge on any atom is 0.295 e. The molecule has 0 aliphatic carbocycles. The third kappa shape index (κ3) is 4.23. The number of aromatic amines is 1. The van der Waals surface area contributed by atoms with Crippen LogP contribution in [0.3, 0.4) is 0 Å².